The molecule has 2 aromatic heterocycles. The molecule has 0 spiro atoms. The third-order valence-electron chi connectivity index (χ3n) is 6.47. The number of rotatable bonds is 4. The van der Waals surface area contributed by atoms with E-state index in [1.807, 2.05) is 6.20 Å². The van der Waals surface area contributed by atoms with E-state index in [9.17, 15) is 0 Å². The number of benzene rings is 3. The second-order valence-corrected chi connectivity index (χ2v) is 8.84. The first kappa shape index (κ1) is 19.6. The van der Waals surface area contributed by atoms with Crippen molar-refractivity contribution in [2.24, 2.45) is 5.92 Å². The summed E-state index contributed by atoms with van der Waals surface area (Å²) in [5.74, 6) is 1.05. The zero-order chi connectivity index (χ0) is 21.5. The summed E-state index contributed by atoms with van der Waals surface area (Å²) in [6.45, 7) is 8.91. The molecule has 2 nitrogen and oxygen atoms in total. The van der Waals surface area contributed by atoms with Crippen LogP contribution in [0.2, 0.25) is 0 Å². The van der Waals surface area contributed by atoms with Gasteiger partial charge in [-0.05, 0) is 48.1 Å². The predicted octanol–water partition coefficient (Wildman–Crippen LogP) is 8.38. The fourth-order valence-corrected chi connectivity index (χ4v) is 4.24. The SMILES string of the molecule is Cc1ccc(-c2cccc3c2oc2c(-c4cc(C(C)C(C)C)ccn4)cccc23)cc1. The van der Waals surface area contributed by atoms with Gasteiger partial charge in [0.1, 0.15) is 11.2 Å². The van der Waals surface area contributed by atoms with Crippen LogP contribution in [0.1, 0.15) is 37.8 Å². The number of pyridine rings is 1. The Morgan fingerprint density at radius 1 is 0.742 bits per heavy atom. The van der Waals surface area contributed by atoms with E-state index in [1.54, 1.807) is 0 Å². The Bertz CT molecular complexity index is 1380. The van der Waals surface area contributed by atoms with E-state index in [0.29, 0.717) is 11.8 Å². The molecule has 2 heteroatoms. The normalized spacial score (nSPS) is 12.7. The van der Waals surface area contributed by atoms with Crippen LogP contribution in [0, 0.1) is 12.8 Å². The van der Waals surface area contributed by atoms with E-state index in [0.717, 1.165) is 38.8 Å². The smallest absolute Gasteiger partial charge is 0.144 e. The number of aromatic nitrogens is 1. The van der Waals surface area contributed by atoms with Crippen LogP contribution in [0.5, 0.6) is 0 Å². The Morgan fingerprint density at radius 3 is 2.06 bits per heavy atom. The van der Waals surface area contributed by atoms with Gasteiger partial charge in [-0.1, -0.05) is 80.9 Å². The molecular formula is C29H27NO. The van der Waals surface area contributed by atoms with Crippen molar-refractivity contribution in [3.05, 3.63) is 90.1 Å². The van der Waals surface area contributed by atoms with Crippen LogP contribution in [0.25, 0.3) is 44.3 Å². The van der Waals surface area contributed by atoms with Crippen molar-refractivity contribution in [2.75, 3.05) is 0 Å². The molecule has 0 saturated heterocycles. The van der Waals surface area contributed by atoms with Gasteiger partial charge in [-0.15, -0.1) is 0 Å². The minimum absolute atomic E-state index is 0.477. The van der Waals surface area contributed by atoms with Crippen LogP contribution < -0.4 is 0 Å². The second-order valence-electron chi connectivity index (χ2n) is 8.84. The van der Waals surface area contributed by atoms with Crippen molar-refractivity contribution in [3.8, 4) is 22.4 Å². The van der Waals surface area contributed by atoms with Crippen molar-refractivity contribution < 1.29 is 4.42 Å². The molecule has 5 aromatic rings. The molecule has 2 heterocycles. The third-order valence-corrected chi connectivity index (χ3v) is 6.47. The number of nitrogens with zero attached hydrogens (tertiary/aromatic N) is 1. The lowest BCUT2D eigenvalue weighted by molar-refractivity contribution is 0.535. The van der Waals surface area contributed by atoms with Crippen LogP contribution in [0.15, 0.2) is 83.4 Å². The van der Waals surface area contributed by atoms with Gasteiger partial charge in [0.2, 0.25) is 0 Å². The van der Waals surface area contributed by atoms with Gasteiger partial charge < -0.3 is 4.42 Å². The van der Waals surface area contributed by atoms with Gasteiger partial charge in [-0.2, -0.15) is 0 Å². The topological polar surface area (TPSA) is 26.0 Å². The Kier molecular flexibility index (Phi) is 4.86. The van der Waals surface area contributed by atoms with Gasteiger partial charge in [-0.25, -0.2) is 0 Å². The highest BCUT2D eigenvalue weighted by molar-refractivity contribution is 6.12. The molecule has 5 rings (SSSR count). The Hall–Kier alpha value is -3.39. The zero-order valence-corrected chi connectivity index (χ0v) is 18.5. The molecule has 0 fully saturated rings. The Morgan fingerprint density at radius 2 is 1.39 bits per heavy atom. The van der Waals surface area contributed by atoms with Crippen molar-refractivity contribution in [1.29, 1.82) is 0 Å². The lowest BCUT2D eigenvalue weighted by atomic mass is 9.90. The molecule has 0 aliphatic rings. The van der Waals surface area contributed by atoms with Gasteiger partial charge in [0, 0.05) is 28.1 Å². The van der Waals surface area contributed by atoms with Gasteiger partial charge >= 0.3 is 0 Å². The molecule has 1 atom stereocenters. The highest BCUT2D eigenvalue weighted by Crippen LogP contribution is 2.39. The molecule has 0 aliphatic heterocycles. The average Bonchev–Trinajstić information content (AvgIpc) is 3.18. The molecule has 0 aliphatic carbocycles. The summed E-state index contributed by atoms with van der Waals surface area (Å²) >= 11 is 0. The quantitative estimate of drug-likeness (QED) is 0.300. The minimum atomic E-state index is 0.477. The second kappa shape index (κ2) is 7.70. The standard InChI is InChI=1S/C29H27NO/c1-18(2)20(4)22-15-16-30-27(17-22)26-10-6-9-25-24-8-5-7-23(28(24)31-29(25)26)21-13-11-19(3)12-14-21/h5-18,20H,1-4H3. The van der Waals surface area contributed by atoms with E-state index in [4.69, 9.17) is 9.40 Å². The summed E-state index contributed by atoms with van der Waals surface area (Å²) in [5, 5.41) is 2.27. The minimum Gasteiger partial charge on any atom is -0.455 e. The van der Waals surface area contributed by atoms with Gasteiger partial charge in [-0.3, -0.25) is 4.98 Å². The largest absolute Gasteiger partial charge is 0.455 e. The van der Waals surface area contributed by atoms with Crippen molar-refractivity contribution in [2.45, 2.75) is 33.6 Å². The molecular weight excluding hydrogens is 378 g/mol. The van der Waals surface area contributed by atoms with E-state index < -0.39 is 0 Å². The van der Waals surface area contributed by atoms with Gasteiger partial charge in [0.15, 0.2) is 0 Å². The van der Waals surface area contributed by atoms with E-state index >= 15 is 0 Å². The van der Waals surface area contributed by atoms with Crippen molar-refractivity contribution >= 4 is 21.9 Å². The molecule has 0 N–H and O–H groups in total. The summed E-state index contributed by atoms with van der Waals surface area (Å²) in [4.78, 5) is 4.70. The highest BCUT2D eigenvalue weighted by Gasteiger charge is 2.17. The Labute approximate surface area is 183 Å². The summed E-state index contributed by atoms with van der Waals surface area (Å²) in [5.41, 5.74) is 8.70. The van der Waals surface area contributed by atoms with Crippen molar-refractivity contribution in [1.82, 2.24) is 4.98 Å². The summed E-state index contributed by atoms with van der Waals surface area (Å²) < 4.78 is 6.56. The first-order chi connectivity index (χ1) is 15.0. The number of aryl methyl sites for hydroxylation is 1. The van der Waals surface area contributed by atoms with Crippen LogP contribution in [0.4, 0.5) is 0 Å². The number of furan rings is 1. The lowest BCUT2D eigenvalue weighted by Gasteiger charge is -2.16. The zero-order valence-electron chi connectivity index (χ0n) is 18.5. The van der Waals surface area contributed by atoms with Crippen LogP contribution in [-0.2, 0) is 0 Å². The molecule has 1 unspecified atom stereocenters. The summed E-state index contributed by atoms with van der Waals surface area (Å²) in [6, 6.07) is 25.7. The monoisotopic (exact) mass is 405 g/mol. The van der Waals surface area contributed by atoms with E-state index in [2.05, 4.69) is 100 Å². The molecule has 154 valence electrons. The molecule has 0 saturated carbocycles. The van der Waals surface area contributed by atoms with Crippen LogP contribution in [0.3, 0.4) is 0 Å². The van der Waals surface area contributed by atoms with E-state index in [-0.39, 0.29) is 0 Å². The fraction of sp³-hybridized carbons (Fsp3) is 0.207. The highest BCUT2D eigenvalue weighted by atomic mass is 16.3. The summed E-state index contributed by atoms with van der Waals surface area (Å²) in [6.07, 6.45) is 1.92. The fourth-order valence-electron chi connectivity index (χ4n) is 4.24. The number of hydrogen-bond acceptors (Lipinski definition) is 2. The Balaban J connectivity index is 1.72. The van der Waals surface area contributed by atoms with Gasteiger partial charge in [0.05, 0.1) is 5.69 Å². The predicted molar refractivity (Wildman–Crippen MR) is 130 cm³/mol. The maximum Gasteiger partial charge on any atom is 0.144 e. The first-order valence-corrected chi connectivity index (χ1v) is 11.0. The molecule has 3 aromatic carbocycles. The number of fused-ring (bicyclic) bond motifs is 3. The van der Waals surface area contributed by atoms with E-state index in [1.165, 1.54) is 16.7 Å². The first-order valence-electron chi connectivity index (χ1n) is 11.0. The number of para-hydroxylation sites is 2. The lowest BCUT2D eigenvalue weighted by Crippen LogP contribution is -2.02. The molecule has 0 radical (unpaired) electrons. The molecule has 0 bridgehead atoms. The number of hydrogen-bond donors (Lipinski definition) is 0. The van der Waals surface area contributed by atoms with Crippen LogP contribution >= 0.6 is 0 Å². The van der Waals surface area contributed by atoms with Crippen LogP contribution in [-0.4, -0.2) is 4.98 Å². The maximum absolute atomic E-state index is 6.56. The molecule has 31 heavy (non-hydrogen) atoms. The summed E-state index contributed by atoms with van der Waals surface area (Å²) in [7, 11) is 0. The van der Waals surface area contributed by atoms with Crippen molar-refractivity contribution in [3.63, 3.8) is 0 Å². The average molecular weight is 406 g/mol. The molecule has 0 amide bonds. The maximum atomic E-state index is 6.56. The third kappa shape index (κ3) is 3.42. The van der Waals surface area contributed by atoms with Gasteiger partial charge in [0.25, 0.3) is 0 Å².